The number of piperidine rings is 1. The van der Waals surface area contributed by atoms with Crippen molar-refractivity contribution in [1.82, 2.24) is 24.4 Å². The summed E-state index contributed by atoms with van der Waals surface area (Å²) in [6.45, 7) is 7.19. The lowest BCUT2D eigenvalue weighted by Gasteiger charge is -2.30. The number of rotatable bonds is 2. The van der Waals surface area contributed by atoms with Crippen molar-refractivity contribution in [3.8, 4) is 11.4 Å². The first-order chi connectivity index (χ1) is 11.0. The molecular formula is C17H23N5O. The number of aromatic nitrogens is 4. The van der Waals surface area contributed by atoms with Crippen LogP contribution in [0.2, 0.25) is 0 Å². The molecule has 6 heteroatoms. The van der Waals surface area contributed by atoms with Crippen molar-refractivity contribution >= 4 is 5.91 Å². The van der Waals surface area contributed by atoms with Crippen molar-refractivity contribution in [3.05, 3.63) is 29.6 Å². The third-order valence-corrected chi connectivity index (χ3v) is 4.66. The fourth-order valence-electron chi connectivity index (χ4n) is 3.10. The van der Waals surface area contributed by atoms with Crippen LogP contribution >= 0.6 is 0 Å². The number of nitrogens with zero attached hydrogens (tertiary/aromatic N) is 5. The minimum atomic E-state index is 0.152. The van der Waals surface area contributed by atoms with Crippen molar-refractivity contribution in [2.75, 3.05) is 13.1 Å². The molecule has 0 bridgehead atoms. The molecule has 6 nitrogen and oxygen atoms in total. The molecule has 2 aromatic heterocycles. The number of hydrogen-bond donors (Lipinski definition) is 0. The van der Waals surface area contributed by atoms with Crippen LogP contribution in [0.1, 0.15) is 43.0 Å². The molecule has 3 heterocycles. The fourth-order valence-corrected chi connectivity index (χ4v) is 3.10. The van der Waals surface area contributed by atoms with Gasteiger partial charge in [0.25, 0.3) is 0 Å². The maximum atomic E-state index is 11.5. The first-order valence-electron chi connectivity index (χ1n) is 8.05. The Labute approximate surface area is 136 Å². The van der Waals surface area contributed by atoms with Gasteiger partial charge in [0.15, 0.2) is 0 Å². The van der Waals surface area contributed by atoms with Crippen molar-refractivity contribution in [2.45, 2.75) is 39.5 Å². The first-order valence-corrected chi connectivity index (χ1v) is 8.05. The molecule has 0 N–H and O–H groups in total. The summed E-state index contributed by atoms with van der Waals surface area (Å²) in [4.78, 5) is 27.2. The highest BCUT2D eigenvalue weighted by Crippen LogP contribution is 2.28. The highest BCUT2D eigenvalue weighted by molar-refractivity contribution is 5.73. The van der Waals surface area contributed by atoms with Crippen molar-refractivity contribution < 1.29 is 4.79 Å². The van der Waals surface area contributed by atoms with Crippen LogP contribution in [0.15, 0.2) is 12.3 Å². The lowest BCUT2D eigenvalue weighted by molar-refractivity contribution is -0.129. The highest BCUT2D eigenvalue weighted by Gasteiger charge is 2.24. The molecule has 1 amide bonds. The number of imidazole rings is 1. The highest BCUT2D eigenvalue weighted by atomic mass is 16.2. The van der Waals surface area contributed by atoms with E-state index in [-0.39, 0.29) is 5.91 Å². The number of likely N-dealkylation sites (tertiary alicyclic amines) is 1. The molecule has 1 fully saturated rings. The molecule has 0 spiro atoms. The lowest BCUT2D eigenvalue weighted by atomic mass is 9.95. The smallest absolute Gasteiger partial charge is 0.219 e. The molecule has 3 rings (SSSR count). The molecule has 0 radical (unpaired) electrons. The predicted molar refractivity (Wildman–Crippen MR) is 87.9 cm³/mol. The number of carbonyl (C=O) groups excluding carboxylic acids is 1. The second-order valence-corrected chi connectivity index (χ2v) is 6.28. The summed E-state index contributed by atoms with van der Waals surface area (Å²) in [5.74, 6) is 2.33. The molecule has 0 atom stereocenters. The minimum absolute atomic E-state index is 0.152. The fraction of sp³-hybridized carbons (Fsp3) is 0.529. The standard InChI is InChI=1S/C17H23N5O/c1-11-9-15(16-10-18-12(2)21(16)4)20-17(19-11)14-5-7-22(8-6-14)13(3)23/h9-10,14H,5-8H2,1-4H3. The Balaban J connectivity index is 1.87. The van der Waals surface area contributed by atoms with Gasteiger partial charge in [0, 0.05) is 38.7 Å². The zero-order valence-corrected chi connectivity index (χ0v) is 14.2. The van der Waals surface area contributed by atoms with Crippen LogP contribution in [0.3, 0.4) is 0 Å². The van der Waals surface area contributed by atoms with Gasteiger partial charge in [-0.2, -0.15) is 0 Å². The SMILES string of the molecule is CC(=O)N1CCC(c2nc(C)cc(-c3cnc(C)n3C)n2)CC1. The molecule has 0 aromatic carbocycles. The van der Waals surface area contributed by atoms with E-state index in [2.05, 4.69) is 9.97 Å². The molecule has 1 aliphatic heterocycles. The first kappa shape index (κ1) is 15.6. The van der Waals surface area contributed by atoms with Crippen LogP contribution in [0.4, 0.5) is 0 Å². The van der Waals surface area contributed by atoms with Crippen LogP contribution < -0.4 is 0 Å². The van der Waals surface area contributed by atoms with E-state index in [1.54, 1.807) is 6.92 Å². The van der Waals surface area contributed by atoms with Gasteiger partial charge in [-0.3, -0.25) is 4.79 Å². The Hall–Kier alpha value is -2.24. The zero-order chi connectivity index (χ0) is 16.6. The monoisotopic (exact) mass is 313 g/mol. The zero-order valence-electron chi connectivity index (χ0n) is 14.2. The average molecular weight is 313 g/mol. The molecule has 0 saturated carbocycles. The molecule has 1 saturated heterocycles. The van der Waals surface area contributed by atoms with Gasteiger partial charge in [0.2, 0.25) is 5.91 Å². The molecule has 23 heavy (non-hydrogen) atoms. The van der Waals surface area contributed by atoms with E-state index in [1.165, 1.54) is 0 Å². The Morgan fingerprint density at radius 3 is 2.48 bits per heavy atom. The Morgan fingerprint density at radius 1 is 1.22 bits per heavy atom. The number of hydrogen-bond acceptors (Lipinski definition) is 4. The maximum absolute atomic E-state index is 11.5. The van der Waals surface area contributed by atoms with Crippen molar-refractivity contribution in [1.29, 1.82) is 0 Å². The molecule has 122 valence electrons. The van der Waals surface area contributed by atoms with E-state index in [0.717, 1.165) is 54.7 Å². The van der Waals surface area contributed by atoms with Gasteiger partial charge in [-0.05, 0) is 32.8 Å². The maximum Gasteiger partial charge on any atom is 0.219 e. The Kier molecular flexibility index (Phi) is 4.15. The van der Waals surface area contributed by atoms with E-state index in [4.69, 9.17) is 4.98 Å². The van der Waals surface area contributed by atoms with Gasteiger partial charge in [-0.15, -0.1) is 0 Å². The summed E-state index contributed by atoms with van der Waals surface area (Å²) in [5, 5.41) is 0. The summed E-state index contributed by atoms with van der Waals surface area (Å²) < 4.78 is 2.05. The summed E-state index contributed by atoms with van der Waals surface area (Å²) in [7, 11) is 2.00. The Bertz CT molecular complexity index is 729. The van der Waals surface area contributed by atoms with Crippen LogP contribution in [0.25, 0.3) is 11.4 Å². The van der Waals surface area contributed by atoms with Gasteiger partial charge >= 0.3 is 0 Å². The van der Waals surface area contributed by atoms with Gasteiger partial charge in [0.05, 0.1) is 17.6 Å². The van der Waals surface area contributed by atoms with Crippen molar-refractivity contribution in [2.24, 2.45) is 7.05 Å². The van der Waals surface area contributed by atoms with E-state index < -0.39 is 0 Å². The summed E-state index contributed by atoms with van der Waals surface area (Å²) in [6, 6.07) is 2.00. The largest absolute Gasteiger partial charge is 0.343 e. The van der Waals surface area contributed by atoms with Crippen LogP contribution in [0.5, 0.6) is 0 Å². The van der Waals surface area contributed by atoms with Crippen molar-refractivity contribution in [3.63, 3.8) is 0 Å². The predicted octanol–water partition coefficient (Wildman–Crippen LogP) is 2.22. The lowest BCUT2D eigenvalue weighted by Crippen LogP contribution is -2.36. The molecular weight excluding hydrogens is 290 g/mol. The molecule has 2 aromatic rings. The second-order valence-electron chi connectivity index (χ2n) is 6.28. The van der Waals surface area contributed by atoms with E-state index in [0.29, 0.717) is 5.92 Å². The normalized spacial score (nSPS) is 15.9. The number of aryl methyl sites for hydroxylation is 2. The minimum Gasteiger partial charge on any atom is -0.343 e. The summed E-state index contributed by atoms with van der Waals surface area (Å²) in [6.07, 6.45) is 3.71. The van der Waals surface area contributed by atoms with Gasteiger partial charge in [-0.1, -0.05) is 0 Å². The van der Waals surface area contributed by atoms with E-state index >= 15 is 0 Å². The van der Waals surface area contributed by atoms with E-state index in [9.17, 15) is 4.79 Å². The number of amides is 1. The van der Waals surface area contributed by atoms with Crippen LogP contribution in [-0.4, -0.2) is 43.4 Å². The van der Waals surface area contributed by atoms with Crippen LogP contribution in [-0.2, 0) is 11.8 Å². The van der Waals surface area contributed by atoms with Gasteiger partial charge in [-0.25, -0.2) is 15.0 Å². The topological polar surface area (TPSA) is 63.9 Å². The molecule has 0 aliphatic carbocycles. The second kappa shape index (κ2) is 6.10. The summed E-state index contributed by atoms with van der Waals surface area (Å²) >= 11 is 0. The molecule has 1 aliphatic rings. The quantitative estimate of drug-likeness (QED) is 0.853. The summed E-state index contributed by atoms with van der Waals surface area (Å²) in [5.41, 5.74) is 2.90. The van der Waals surface area contributed by atoms with Crippen LogP contribution in [0, 0.1) is 13.8 Å². The van der Waals surface area contributed by atoms with E-state index in [1.807, 2.05) is 42.6 Å². The van der Waals surface area contributed by atoms with Gasteiger partial charge in [0.1, 0.15) is 11.6 Å². The van der Waals surface area contributed by atoms with Gasteiger partial charge < -0.3 is 9.47 Å². The third kappa shape index (κ3) is 3.11. The third-order valence-electron chi connectivity index (χ3n) is 4.66. The average Bonchev–Trinajstić information content (AvgIpc) is 2.86. The molecule has 0 unspecified atom stereocenters. The number of carbonyl (C=O) groups is 1. The Morgan fingerprint density at radius 2 is 1.91 bits per heavy atom.